The summed E-state index contributed by atoms with van der Waals surface area (Å²) >= 11 is 0. The van der Waals surface area contributed by atoms with E-state index in [-0.39, 0.29) is 30.1 Å². The number of carboxylic acid groups (broad SMARTS) is 1. The fourth-order valence-corrected chi connectivity index (χ4v) is 2.19. The molecule has 1 aliphatic heterocycles. The number of hydrogen-bond acceptors (Lipinski definition) is 4. The number of rotatable bonds is 2. The topological polar surface area (TPSA) is 62.7 Å². The van der Waals surface area contributed by atoms with E-state index in [1.54, 1.807) is 18.7 Å². The Hall–Kier alpha value is -1.83. The largest absolute Gasteiger partial charge is 0.478 e. The lowest BCUT2D eigenvalue weighted by atomic mass is 10.1. The van der Waals surface area contributed by atoms with Crippen molar-refractivity contribution >= 4 is 11.8 Å². The number of morpholine rings is 1. The van der Waals surface area contributed by atoms with Gasteiger partial charge in [0.2, 0.25) is 0 Å². The van der Waals surface area contributed by atoms with Gasteiger partial charge in [-0.15, -0.1) is 0 Å². The summed E-state index contributed by atoms with van der Waals surface area (Å²) in [6.07, 6.45) is -4.83. The standard InChI is InChI=1S/C13H15F3N2O3/c1-7-6-21-8(2)5-18(7)11-9(12(19)20)3-4-10(17-11)13(14,15)16/h3-4,7-8H,5-6H2,1-2H3,(H,19,20). The fraction of sp³-hybridized carbons (Fsp3) is 0.538. The molecule has 2 heterocycles. The summed E-state index contributed by atoms with van der Waals surface area (Å²) in [5, 5.41) is 9.16. The number of anilines is 1. The third kappa shape index (κ3) is 3.26. The van der Waals surface area contributed by atoms with Crippen LogP contribution in [0, 0.1) is 0 Å². The van der Waals surface area contributed by atoms with Crippen molar-refractivity contribution < 1.29 is 27.8 Å². The Balaban J connectivity index is 2.50. The first-order valence-electron chi connectivity index (χ1n) is 6.40. The molecule has 2 unspecified atom stereocenters. The van der Waals surface area contributed by atoms with E-state index in [0.29, 0.717) is 12.7 Å². The van der Waals surface area contributed by atoms with Gasteiger partial charge in [0.25, 0.3) is 0 Å². The summed E-state index contributed by atoms with van der Waals surface area (Å²) < 4.78 is 43.8. The van der Waals surface area contributed by atoms with E-state index in [9.17, 15) is 18.0 Å². The van der Waals surface area contributed by atoms with Gasteiger partial charge in [-0.05, 0) is 26.0 Å². The van der Waals surface area contributed by atoms with E-state index < -0.39 is 17.8 Å². The van der Waals surface area contributed by atoms with Gasteiger partial charge in [0.1, 0.15) is 17.1 Å². The van der Waals surface area contributed by atoms with Gasteiger partial charge in [-0.3, -0.25) is 0 Å². The van der Waals surface area contributed by atoms with Crippen LogP contribution in [0.4, 0.5) is 19.0 Å². The van der Waals surface area contributed by atoms with Gasteiger partial charge >= 0.3 is 12.1 Å². The third-order valence-corrected chi connectivity index (χ3v) is 3.28. The summed E-state index contributed by atoms with van der Waals surface area (Å²) in [5.74, 6) is -1.47. The van der Waals surface area contributed by atoms with Gasteiger partial charge in [0.05, 0.1) is 18.8 Å². The Kier molecular flexibility index (Phi) is 4.08. The molecule has 0 amide bonds. The van der Waals surface area contributed by atoms with E-state index in [1.807, 2.05) is 0 Å². The zero-order valence-electron chi connectivity index (χ0n) is 11.5. The molecular formula is C13H15F3N2O3. The van der Waals surface area contributed by atoms with Gasteiger partial charge < -0.3 is 14.7 Å². The first-order chi connectivity index (χ1) is 9.70. The molecule has 5 nitrogen and oxygen atoms in total. The molecule has 1 N–H and O–H groups in total. The van der Waals surface area contributed by atoms with Gasteiger partial charge in [-0.1, -0.05) is 0 Å². The van der Waals surface area contributed by atoms with E-state index in [1.165, 1.54) is 0 Å². The molecule has 0 spiro atoms. The highest BCUT2D eigenvalue weighted by molar-refractivity contribution is 5.93. The number of nitrogens with zero attached hydrogens (tertiary/aromatic N) is 2. The SMILES string of the molecule is CC1CN(c2nc(C(F)(F)F)ccc2C(=O)O)C(C)CO1. The van der Waals surface area contributed by atoms with Crippen LogP contribution in [0.25, 0.3) is 0 Å². The van der Waals surface area contributed by atoms with Crippen molar-refractivity contribution in [3.05, 3.63) is 23.4 Å². The van der Waals surface area contributed by atoms with Gasteiger partial charge in [-0.2, -0.15) is 13.2 Å². The lowest BCUT2D eigenvalue weighted by molar-refractivity contribution is -0.141. The molecule has 0 saturated carbocycles. The molecule has 0 aliphatic carbocycles. The Morgan fingerprint density at radius 3 is 2.67 bits per heavy atom. The predicted molar refractivity (Wildman–Crippen MR) is 68.4 cm³/mol. The normalized spacial score (nSPS) is 23.2. The highest BCUT2D eigenvalue weighted by atomic mass is 19.4. The smallest absolute Gasteiger partial charge is 0.433 e. The number of aromatic nitrogens is 1. The zero-order valence-corrected chi connectivity index (χ0v) is 11.5. The van der Waals surface area contributed by atoms with Crippen molar-refractivity contribution in [1.82, 2.24) is 4.98 Å². The van der Waals surface area contributed by atoms with Gasteiger partial charge in [0, 0.05) is 6.54 Å². The molecule has 0 bridgehead atoms. The maximum Gasteiger partial charge on any atom is 0.433 e. The monoisotopic (exact) mass is 304 g/mol. The third-order valence-electron chi connectivity index (χ3n) is 3.28. The lowest BCUT2D eigenvalue weighted by Crippen LogP contribution is -2.48. The molecule has 2 rings (SSSR count). The van der Waals surface area contributed by atoms with Gasteiger partial charge in [0.15, 0.2) is 0 Å². The van der Waals surface area contributed by atoms with E-state index >= 15 is 0 Å². The predicted octanol–water partition coefficient (Wildman–Crippen LogP) is 2.41. The minimum Gasteiger partial charge on any atom is -0.478 e. The number of alkyl halides is 3. The number of aromatic carboxylic acids is 1. The molecule has 1 saturated heterocycles. The van der Waals surface area contributed by atoms with Crippen LogP contribution in [-0.4, -0.2) is 41.4 Å². The zero-order chi connectivity index (χ0) is 15.8. The molecule has 8 heteroatoms. The van der Waals surface area contributed by atoms with Crippen LogP contribution in [0.1, 0.15) is 29.9 Å². The average molecular weight is 304 g/mol. The molecule has 1 aromatic heterocycles. The van der Waals surface area contributed by atoms with E-state index in [4.69, 9.17) is 9.84 Å². The minimum absolute atomic E-state index is 0.167. The molecule has 116 valence electrons. The first kappa shape index (κ1) is 15.6. The lowest BCUT2D eigenvalue weighted by Gasteiger charge is -2.38. The number of hydrogen-bond donors (Lipinski definition) is 1. The van der Waals surface area contributed by atoms with E-state index in [0.717, 1.165) is 6.07 Å². The van der Waals surface area contributed by atoms with Crippen molar-refractivity contribution in [3.8, 4) is 0 Å². The van der Waals surface area contributed by atoms with Crippen molar-refractivity contribution in [2.24, 2.45) is 0 Å². The highest BCUT2D eigenvalue weighted by Crippen LogP contribution is 2.32. The number of halogens is 3. The molecular weight excluding hydrogens is 289 g/mol. The fourth-order valence-electron chi connectivity index (χ4n) is 2.19. The molecule has 1 aromatic rings. The van der Waals surface area contributed by atoms with Crippen LogP contribution in [0.15, 0.2) is 12.1 Å². The van der Waals surface area contributed by atoms with Crippen LogP contribution in [0.2, 0.25) is 0 Å². The number of ether oxygens (including phenoxy) is 1. The second kappa shape index (κ2) is 5.51. The quantitative estimate of drug-likeness (QED) is 0.909. The second-order valence-corrected chi connectivity index (χ2v) is 5.02. The average Bonchev–Trinajstić information content (AvgIpc) is 2.39. The Bertz CT molecular complexity index is 548. The van der Waals surface area contributed by atoms with Crippen LogP contribution in [-0.2, 0) is 10.9 Å². The van der Waals surface area contributed by atoms with Crippen molar-refractivity contribution in [3.63, 3.8) is 0 Å². The Morgan fingerprint density at radius 1 is 1.43 bits per heavy atom. The molecule has 0 radical (unpaired) electrons. The summed E-state index contributed by atoms with van der Waals surface area (Å²) in [5.41, 5.74) is -1.35. The molecule has 1 aliphatic rings. The molecule has 1 fully saturated rings. The summed E-state index contributed by atoms with van der Waals surface area (Å²) in [6.45, 7) is 4.11. The van der Waals surface area contributed by atoms with Crippen LogP contribution in [0.3, 0.4) is 0 Å². The van der Waals surface area contributed by atoms with Gasteiger partial charge in [-0.25, -0.2) is 9.78 Å². The summed E-state index contributed by atoms with van der Waals surface area (Å²) in [7, 11) is 0. The number of pyridine rings is 1. The number of carbonyl (C=O) groups is 1. The Morgan fingerprint density at radius 2 is 2.10 bits per heavy atom. The van der Waals surface area contributed by atoms with Crippen LogP contribution in [0.5, 0.6) is 0 Å². The first-order valence-corrected chi connectivity index (χ1v) is 6.40. The molecule has 2 atom stereocenters. The highest BCUT2D eigenvalue weighted by Gasteiger charge is 2.35. The summed E-state index contributed by atoms with van der Waals surface area (Å²) in [4.78, 5) is 16.3. The number of carboxylic acids is 1. The maximum atomic E-state index is 12.8. The molecule has 0 aromatic carbocycles. The van der Waals surface area contributed by atoms with E-state index in [2.05, 4.69) is 4.98 Å². The second-order valence-electron chi connectivity index (χ2n) is 5.02. The van der Waals surface area contributed by atoms with Crippen LogP contribution < -0.4 is 4.90 Å². The van der Waals surface area contributed by atoms with Crippen molar-refractivity contribution in [2.45, 2.75) is 32.2 Å². The molecule has 21 heavy (non-hydrogen) atoms. The maximum absolute atomic E-state index is 12.8. The van der Waals surface area contributed by atoms with Crippen molar-refractivity contribution in [2.75, 3.05) is 18.1 Å². The summed E-state index contributed by atoms with van der Waals surface area (Å²) in [6, 6.07) is 1.37. The Labute approximate surface area is 119 Å². The van der Waals surface area contributed by atoms with Crippen molar-refractivity contribution in [1.29, 1.82) is 0 Å². The minimum atomic E-state index is -4.62. The van der Waals surface area contributed by atoms with Crippen LogP contribution >= 0.6 is 0 Å².